The van der Waals surface area contributed by atoms with Crippen LogP contribution in [0, 0.1) is 11.7 Å². The fraction of sp³-hybridized carbons (Fsp3) is 0.647. The van der Waals surface area contributed by atoms with E-state index in [1.807, 2.05) is 12.1 Å². The molecule has 0 heterocycles. The Kier molecular flexibility index (Phi) is 7.73. The Labute approximate surface area is 117 Å². The molecule has 0 fully saturated rings. The Morgan fingerprint density at radius 2 is 1.95 bits per heavy atom. The van der Waals surface area contributed by atoms with Gasteiger partial charge in [-0.05, 0) is 43.0 Å². The molecular formula is C17H28FN. The summed E-state index contributed by atoms with van der Waals surface area (Å²) in [6.45, 7) is 7.62. The smallest absolute Gasteiger partial charge is 0.123 e. The Morgan fingerprint density at radius 3 is 2.53 bits per heavy atom. The van der Waals surface area contributed by atoms with E-state index in [1.165, 1.54) is 25.3 Å². The molecule has 1 aromatic carbocycles. The summed E-state index contributed by atoms with van der Waals surface area (Å²) in [5.74, 6) is 0.458. The predicted molar refractivity (Wildman–Crippen MR) is 80.7 cm³/mol. The van der Waals surface area contributed by atoms with Crippen LogP contribution in [0.3, 0.4) is 0 Å². The number of hydrogen-bond acceptors (Lipinski definition) is 1. The van der Waals surface area contributed by atoms with Crippen LogP contribution in [-0.2, 0) is 0 Å². The van der Waals surface area contributed by atoms with E-state index in [0.29, 0.717) is 5.92 Å². The van der Waals surface area contributed by atoms with E-state index < -0.39 is 0 Å². The minimum absolute atomic E-state index is 0.133. The van der Waals surface area contributed by atoms with E-state index in [-0.39, 0.29) is 11.9 Å². The molecule has 2 atom stereocenters. The van der Waals surface area contributed by atoms with Crippen LogP contribution in [-0.4, -0.2) is 6.54 Å². The third-order valence-electron chi connectivity index (χ3n) is 3.75. The standard InChI is InChI=1S/C17H28FN/c1-4-7-9-14(6-3)17(19-12-5-2)15-10-8-11-16(18)13-15/h8,10-11,13-14,17,19H,4-7,9,12H2,1-3H3. The van der Waals surface area contributed by atoms with Crippen LogP contribution < -0.4 is 5.32 Å². The highest BCUT2D eigenvalue weighted by atomic mass is 19.1. The first-order valence-corrected chi connectivity index (χ1v) is 7.71. The highest BCUT2D eigenvalue weighted by Crippen LogP contribution is 2.29. The molecule has 1 aromatic rings. The van der Waals surface area contributed by atoms with Crippen LogP contribution in [0.5, 0.6) is 0 Å². The molecule has 19 heavy (non-hydrogen) atoms. The van der Waals surface area contributed by atoms with Crippen LogP contribution in [0.4, 0.5) is 4.39 Å². The molecule has 0 amide bonds. The van der Waals surface area contributed by atoms with E-state index in [1.54, 1.807) is 6.07 Å². The van der Waals surface area contributed by atoms with E-state index in [9.17, 15) is 4.39 Å². The Balaban J connectivity index is 2.85. The molecule has 0 aromatic heterocycles. The molecule has 0 aliphatic carbocycles. The summed E-state index contributed by atoms with van der Waals surface area (Å²) in [5.41, 5.74) is 1.09. The van der Waals surface area contributed by atoms with E-state index in [2.05, 4.69) is 26.1 Å². The zero-order valence-corrected chi connectivity index (χ0v) is 12.6. The van der Waals surface area contributed by atoms with Crippen molar-refractivity contribution in [3.63, 3.8) is 0 Å². The average Bonchev–Trinajstić information content (AvgIpc) is 2.42. The van der Waals surface area contributed by atoms with Crippen LogP contribution in [0.1, 0.15) is 64.5 Å². The number of rotatable bonds is 9. The van der Waals surface area contributed by atoms with Gasteiger partial charge in [-0.2, -0.15) is 0 Å². The summed E-state index contributed by atoms with van der Waals surface area (Å²) in [7, 11) is 0. The van der Waals surface area contributed by atoms with Gasteiger partial charge in [0.1, 0.15) is 5.82 Å². The zero-order valence-electron chi connectivity index (χ0n) is 12.6. The largest absolute Gasteiger partial charge is 0.310 e. The van der Waals surface area contributed by atoms with Crippen LogP contribution >= 0.6 is 0 Å². The van der Waals surface area contributed by atoms with Gasteiger partial charge in [0.25, 0.3) is 0 Å². The molecular weight excluding hydrogens is 237 g/mol. The number of unbranched alkanes of at least 4 members (excludes halogenated alkanes) is 1. The maximum Gasteiger partial charge on any atom is 0.123 e. The van der Waals surface area contributed by atoms with Gasteiger partial charge < -0.3 is 5.32 Å². The second kappa shape index (κ2) is 9.08. The summed E-state index contributed by atoms with van der Waals surface area (Å²) >= 11 is 0. The minimum Gasteiger partial charge on any atom is -0.310 e. The number of benzene rings is 1. The topological polar surface area (TPSA) is 12.0 Å². The van der Waals surface area contributed by atoms with Crippen molar-refractivity contribution in [1.29, 1.82) is 0 Å². The van der Waals surface area contributed by atoms with Crippen molar-refractivity contribution in [2.24, 2.45) is 5.92 Å². The number of nitrogens with one attached hydrogen (secondary N) is 1. The first-order chi connectivity index (χ1) is 9.22. The number of halogens is 1. The Bertz CT molecular complexity index is 351. The molecule has 0 bridgehead atoms. The van der Waals surface area contributed by atoms with Crippen molar-refractivity contribution in [1.82, 2.24) is 5.32 Å². The van der Waals surface area contributed by atoms with Gasteiger partial charge >= 0.3 is 0 Å². The third kappa shape index (κ3) is 5.32. The summed E-state index contributed by atoms with van der Waals surface area (Å²) in [5, 5.41) is 3.61. The van der Waals surface area contributed by atoms with Crippen molar-refractivity contribution in [2.75, 3.05) is 6.54 Å². The van der Waals surface area contributed by atoms with Gasteiger partial charge in [0.2, 0.25) is 0 Å². The summed E-state index contributed by atoms with van der Waals surface area (Å²) in [6, 6.07) is 7.35. The molecule has 2 heteroatoms. The lowest BCUT2D eigenvalue weighted by Crippen LogP contribution is -2.29. The van der Waals surface area contributed by atoms with E-state index in [0.717, 1.165) is 24.9 Å². The van der Waals surface area contributed by atoms with Gasteiger partial charge in [-0.1, -0.05) is 52.2 Å². The highest BCUT2D eigenvalue weighted by molar-refractivity contribution is 5.21. The normalized spacial score (nSPS) is 14.3. The van der Waals surface area contributed by atoms with Crippen LogP contribution in [0.25, 0.3) is 0 Å². The lowest BCUT2D eigenvalue weighted by molar-refractivity contribution is 0.323. The maximum atomic E-state index is 13.4. The molecule has 0 radical (unpaired) electrons. The van der Waals surface area contributed by atoms with Gasteiger partial charge in [-0.3, -0.25) is 0 Å². The van der Waals surface area contributed by atoms with Crippen molar-refractivity contribution in [3.8, 4) is 0 Å². The molecule has 2 unspecified atom stereocenters. The molecule has 1 N–H and O–H groups in total. The number of hydrogen-bond donors (Lipinski definition) is 1. The van der Waals surface area contributed by atoms with Crippen molar-refractivity contribution < 1.29 is 4.39 Å². The van der Waals surface area contributed by atoms with Gasteiger partial charge in [0, 0.05) is 6.04 Å². The summed E-state index contributed by atoms with van der Waals surface area (Å²) in [4.78, 5) is 0. The molecule has 1 nitrogen and oxygen atoms in total. The predicted octanol–water partition coefficient (Wildman–Crippen LogP) is 5.08. The monoisotopic (exact) mass is 265 g/mol. The first-order valence-electron chi connectivity index (χ1n) is 7.71. The van der Waals surface area contributed by atoms with Gasteiger partial charge in [-0.25, -0.2) is 4.39 Å². The fourth-order valence-corrected chi connectivity index (χ4v) is 2.63. The second-order valence-electron chi connectivity index (χ2n) is 5.30. The lowest BCUT2D eigenvalue weighted by Gasteiger charge is -2.28. The quantitative estimate of drug-likeness (QED) is 0.656. The zero-order chi connectivity index (χ0) is 14.1. The molecule has 0 saturated carbocycles. The van der Waals surface area contributed by atoms with Gasteiger partial charge in [0.15, 0.2) is 0 Å². The molecule has 0 saturated heterocycles. The van der Waals surface area contributed by atoms with E-state index >= 15 is 0 Å². The minimum atomic E-state index is -0.133. The molecule has 0 aliphatic rings. The first kappa shape index (κ1) is 16.2. The van der Waals surface area contributed by atoms with Crippen molar-refractivity contribution in [3.05, 3.63) is 35.6 Å². The molecule has 108 valence electrons. The second-order valence-corrected chi connectivity index (χ2v) is 5.30. The van der Waals surface area contributed by atoms with Crippen molar-refractivity contribution >= 4 is 0 Å². The molecule has 0 aliphatic heterocycles. The van der Waals surface area contributed by atoms with Gasteiger partial charge in [-0.15, -0.1) is 0 Å². The Hall–Kier alpha value is -0.890. The molecule has 1 rings (SSSR count). The van der Waals surface area contributed by atoms with Crippen LogP contribution in [0.15, 0.2) is 24.3 Å². The Morgan fingerprint density at radius 1 is 1.16 bits per heavy atom. The van der Waals surface area contributed by atoms with Crippen LogP contribution in [0.2, 0.25) is 0 Å². The average molecular weight is 265 g/mol. The van der Waals surface area contributed by atoms with Crippen molar-refractivity contribution in [2.45, 2.75) is 58.9 Å². The van der Waals surface area contributed by atoms with Gasteiger partial charge in [0.05, 0.1) is 0 Å². The molecule has 0 spiro atoms. The summed E-state index contributed by atoms with van der Waals surface area (Å²) in [6.07, 6.45) is 5.93. The maximum absolute atomic E-state index is 13.4. The summed E-state index contributed by atoms with van der Waals surface area (Å²) < 4.78 is 13.4. The highest BCUT2D eigenvalue weighted by Gasteiger charge is 2.21. The third-order valence-corrected chi connectivity index (χ3v) is 3.75. The lowest BCUT2D eigenvalue weighted by atomic mass is 9.86. The fourth-order valence-electron chi connectivity index (χ4n) is 2.63. The van der Waals surface area contributed by atoms with E-state index in [4.69, 9.17) is 0 Å². The SMILES string of the molecule is CCCCC(CC)C(NCCC)c1cccc(F)c1.